The first-order chi connectivity index (χ1) is 7.70. The molecule has 1 heterocycles. The second kappa shape index (κ2) is 4.76. The number of nitrogens with one attached hydrogen (secondary N) is 1. The summed E-state index contributed by atoms with van der Waals surface area (Å²) in [4.78, 5) is 1.27. The Morgan fingerprint density at radius 2 is 2.06 bits per heavy atom. The van der Waals surface area contributed by atoms with Crippen molar-refractivity contribution in [1.82, 2.24) is 5.32 Å². The van der Waals surface area contributed by atoms with Crippen LogP contribution in [0.25, 0.3) is 11.1 Å². The molecule has 0 aliphatic rings. The first-order valence-corrected chi connectivity index (χ1v) is 6.07. The Balaban J connectivity index is 2.39. The standard InChI is InChI=1S/C13H14FNS/c1-9-5-12(8-16-9)10-3-4-13(14)11(6-10)7-15-2/h3-6,8,15H,7H2,1-2H3. The van der Waals surface area contributed by atoms with Gasteiger partial charge in [0, 0.05) is 17.0 Å². The lowest BCUT2D eigenvalue weighted by Gasteiger charge is -2.05. The molecule has 0 atom stereocenters. The molecule has 1 aromatic heterocycles. The van der Waals surface area contributed by atoms with Gasteiger partial charge in [-0.05, 0) is 48.7 Å². The van der Waals surface area contributed by atoms with Crippen LogP contribution in [0.3, 0.4) is 0 Å². The van der Waals surface area contributed by atoms with Crippen LogP contribution in [0.2, 0.25) is 0 Å². The molecule has 1 N–H and O–H groups in total. The fourth-order valence-electron chi connectivity index (χ4n) is 1.68. The Bertz CT molecular complexity index is 490. The van der Waals surface area contributed by atoms with E-state index in [0.29, 0.717) is 12.1 Å². The van der Waals surface area contributed by atoms with Crippen LogP contribution in [0, 0.1) is 12.7 Å². The third-order valence-electron chi connectivity index (χ3n) is 2.48. The van der Waals surface area contributed by atoms with Crippen LogP contribution < -0.4 is 5.32 Å². The smallest absolute Gasteiger partial charge is 0.127 e. The summed E-state index contributed by atoms with van der Waals surface area (Å²) in [6.45, 7) is 2.63. The molecule has 0 aliphatic heterocycles. The normalized spacial score (nSPS) is 10.7. The summed E-state index contributed by atoms with van der Waals surface area (Å²) < 4.78 is 13.4. The van der Waals surface area contributed by atoms with E-state index < -0.39 is 0 Å². The third kappa shape index (κ3) is 2.31. The van der Waals surface area contributed by atoms with Gasteiger partial charge in [-0.3, -0.25) is 0 Å². The maximum atomic E-state index is 13.4. The van der Waals surface area contributed by atoms with E-state index in [4.69, 9.17) is 0 Å². The summed E-state index contributed by atoms with van der Waals surface area (Å²) in [6.07, 6.45) is 0. The Morgan fingerprint density at radius 1 is 1.25 bits per heavy atom. The average Bonchev–Trinajstić information content (AvgIpc) is 2.69. The van der Waals surface area contributed by atoms with Gasteiger partial charge in [0.1, 0.15) is 5.82 Å². The van der Waals surface area contributed by atoms with E-state index >= 15 is 0 Å². The molecule has 84 valence electrons. The molecular weight excluding hydrogens is 221 g/mol. The molecule has 2 rings (SSSR count). The van der Waals surface area contributed by atoms with Crippen molar-refractivity contribution in [1.29, 1.82) is 0 Å². The maximum absolute atomic E-state index is 13.4. The van der Waals surface area contributed by atoms with Crippen LogP contribution in [0.5, 0.6) is 0 Å². The monoisotopic (exact) mass is 235 g/mol. The van der Waals surface area contributed by atoms with Crippen LogP contribution in [-0.4, -0.2) is 7.05 Å². The zero-order valence-corrected chi connectivity index (χ0v) is 10.2. The van der Waals surface area contributed by atoms with Gasteiger partial charge in [0.2, 0.25) is 0 Å². The summed E-state index contributed by atoms with van der Waals surface area (Å²) in [5.41, 5.74) is 2.96. The van der Waals surface area contributed by atoms with Crippen LogP contribution in [0.1, 0.15) is 10.4 Å². The molecule has 0 aliphatic carbocycles. The third-order valence-corrected chi connectivity index (χ3v) is 3.34. The number of halogens is 1. The molecule has 0 spiro atoms. The van der Waals surface area contributed by atoms with Gasteiger partial charge >= 0.3 is 0 Å². The van der Waals surface area contributed by atoms with E-state index in [1.54, 1.807) is 11.3 Å². The molecule has 16 heavy (non-hydrogen) atoms. The molecule has 0 fully saturated rings. The molecule has 1 aromatic carbocycles. The van der Waals surface area contributed by atoms with Crippen molar-refractivity contribution in [2.75, 3.05) is 7.05 Å². The van der Waals surface area contributed by atoms with Gasteiger partial charge in [-0.2, -0.15) is 0 Å². The number of rotatable bonds is 3. The average molecular weight is 235 g/mol. The highest BCUT2D eigenvalue weighted by Crippen LogP contribution is 2.26. The van der Waals surface area contributed by atoms with Crippen molar-refractivity contribution in [2.45, 2.75) is 13.5 Å². The SMILES string of the molecule is CNCc1cc(-c2csc(C)c2)ccc1F. The summed E-state index contributed by atoms with van der Waals surface area (Å²) >= 11 is 1.71. The molecule has 2 aromatic rings. The highest BCUT2D eigenvalue weighted by molar-refractivity contribution is 7.10. The molecule has 0 unspecified atom stereocenters. The molecule has 0 saturated heterocycles. The fraction of sp³-hybridized carbons (Fsp3) is 0.231. The molecule has 0 bridgehead atoms. The van der Waals surface area contributed by atoms with Crippen molar-refractivity contribution < 1.29 is 4.39 Å². The number of hydrogen-bond acceptors (Lipinski definition) is 2. The van der Waals surface area contributed by atoms with Gasteiger partial charge < -0.3 is 5.32 Å². The summed E-state index contributed by atoms with van der Waals surface area (Å²) in [5.74, 6) is -0.148. The number of thiophene rings is 1. The number of hydrogen-bond donors (Lipinski definition) is 1. The number of aryl methyl sites for hydroxylation is 1. The minimum Gasteiger partial charge on any atom is -0.316 e. The quantitative estimate of drug-likeness (QED) is 0.857. The van der Waals surface area contributed by atoms with Gasteiger partial charge in [0.25, 0.3) is 0 Å². The van der Waals surface area contributed by atoms with Crippen molar-refractivity contribution in [3.05, 3.63) is 45.9 Å². The lowest BCUT2D eigenvalue weighted by molar-refractivity contribution is 0.601. The summed E-state index contributed by atoms with van der Waals surface area (Å²) in [7, 11) is 1.82. The minimum atomic E-state index is -0.148. The predicted octanol–water partition coefficient (Wildman–Crippen LogP) is 3.58. The first kappa shape index (κ1) is 11.3. The van der Waals surface area contributed by atoms with Gasteiger partial charge in [0.05, 0.1) is 0 Å². The van der Waals surface area contributed by atoms with E-state index in [1.807, 2.05) is 19.2 Å². The second-order valence-corrected chi connectivity index (χ2v) is 4.90. The largest absolute Gasteiger partial charge is 0.316 e. The van der Waals surface area contributed by atoms with E-state index in [0.717, 1.165) is 5.56 Å². The minimum absolute atomic E-state index is 0.148. The van der Waals surface area contributed by atoms with Crippen LogP contribution in [-0.2, 0) is 6.54 Å². The zero-order valence-electron chi connectivity index (χ0n) is 9.38. The highest BCUT2D eigenvalue weighted by atomic mass is 32.1. The van der Waals surface area contributed by atoms with Gasteiger partial charge in [-0.25, -0.2) is 4.39 Å². The Hall–Kier alpha value is -1.19. The van der Waals surface area contributed by atoms with E-state index in [2.05, 4.69) is 23.7 Å². The molecular formula is C13H14FNS. The van der Waals surface area contributed by atoms with Gasteiger partial charge in [-0.1, -0.05) is 6.07 Å². The van der Waals surface area contributed by atoms with Crippen molar-refractivity contribution in [2.24, 2.45) is 0 Å². The lowest BCUT2D eigenvalue weighted by Crippen LogP contribution is -2.06. The fourth-order valence-corrected chi connectivity index (χ4v) is 2.39. The lowest BCUT2D eigenvalue weighted by atomic mass is 10.1. The predicted molar refractivity (Wildman–Crippen MR) is 67.2 cm³/mol. The highest BCUT2D eigenvalue weighted by Gasteiger charge is 2.05. The maximum Gasteiger partial charge on any atom is 0.127 e. The molecule has 1 nitrogen and oxygen atoms in total. The van der Waals surface area contributed by atoms with E-state index in [9.17, 15) is 4.39 Å². The molecule has 0 saturated carbocycles. The van der Waals surface area contributed by atoms with E-state index in [1.165, 1.54) is 16.5 Å². The number of benzene rings is 1. The Morgan fingerprint density at radius 3 is 2.69 bits per heavy atom. The molecule has 0 radical (unpaired) electrons. The molecule has 3 heteroatoms. The first-order valence-electron chi connectivity index (χ1n) is 5.19. The van der Waals surface area contributed by atoms with Crippen LogP contribution in [0.15, 0.2) is 29.6 Å². The second-order valence-electron chi connectivity index (χ2n) is 3.78. The van der Waals surface area contributed by atoms with Crippen LogP contribution in [0.4, 0.5) is 4.39 Å². The van der Waals surface area contributed by atoms with Gasteiger partial charge in [0.15, 0.2) is 0 Å². The van der Waals surface area contributed by atoms with Gasteiger partial charge in [-0.15, -0.1) is 11.3 Å². The van der Waals surface area contributed by atoms with Crippen LogP contribution >= 0.6 is 11.3 Å². The molecule has 0 amide bonds. The van der Waals surface area contributed by atoms with E-state index in [-0.39, 0.29) is 5.82 Å². The zero-order chi connectivity index (χ0) is 11.5. The van der Waals surface area contributed by atoms with Crippen molar-refractivity contribution >= 4 is 11.3 Å². The van der Waals surface area contributed by atoms with Crippen molar-refractivity contribution in [3.63, 3.8) is 0 Å². The summed E-state index contributed by atoms with van der Waals surface area (Å²) in [5, 5.41) is 5.07. The Kier molecular flexibility index (Phi) is 3.36. The summed E-state index contributed by atoms with van der Waals surface area (Å²) in [6, 6.07) is 7.40. The van der Waals surface area contributed by atoms with Crippen molar-refractivity contribution in [3.8, 4) is 11.1 Å². The Labute approximate surface area is 98.9 Å². The topological polar surface area (TPSA) is 12.0 Å².